The fourth-order valence-electron chi connectivity index (χ4n) is 4.19. The van der Waals surface area contributed by atoms with Crippen molar-refractivity contribution in [2.75, 3.05) is 16.4 Å². The Morgan fingerprint density at radius 1 is 0.864 bits per heavy atom. The molecule has 0 atom stereocenters. The van der Waals surface area contributed by atoms with Crippen LogP contribution in [0.4, 0.5) is 10.8 Å². The van der Waals surface area contributed by atoms with Gasteiger partial charge in [-0.1, -0.05) is 82.7 Å². The second-order valence-electron chi connectivity index (χ2n) is 9.54. The summed E-state index contributed by atoms with van der Waals surface area (Å²) in [7, 11) is 0. The van der Waals surface area contributed by atoms with Crippen LogP contribution in [0.3, 0.4) is 0 Å². The molecule has 7 nitrogen and oxygen atoms in total. The smallest absolute Gasteiger partial charge is 0.272 e. The molecule has 0 radical (unpaired) electrons. The van der Waals surface area contributed by atoms with Gasteiger partial charge in [0.25, 0.3) is 11.8 Å². The Hall–Kier alpha value is -4.51. The summed E-state index contributed by atoms with van der Waals surface area (Å²) in [5.74, 6) is -0.899. The second kappa shape index (κ2) is 14.8. The maximum absolute atomic E-state index is 13.4. The maximum atomic E-state index is 13.4. The minimum absolute atomic E-state index is 0.0861. The van der Waals surface area contributed by atoms with Crippen molar-refractivity contribution in [3.63, 3.8) is 0 Å². The van der Waals surface area contributed by atoms with Crippen LogP contribution in [0.15, 0.2) is 124 Å². The Labute approximate surface area is 272 Å². The van der Waals surface area contributed by atoms with Crippen LogP contribution in [0.25, 0.3) is 17.3 Å². The zero-order chi connectivity index (χ0) is 30.9. The highest BCUT2D eigenvalue weighted by atomic mass is 79.9. The molecule has 1 aromatic heterocycles. The van der Waals surface area contributed by atoms with Crippen molar-refractivity contribution in [3.05, 3.63) is 135 Å². The number of benzene rings is 4. The van der Waals surface area contributed by atoms with E-state index in [1.54, 1.807) is 48.5 Å². The number of carbonyl (C=O) groups is 3. The van der Waals surface area contributed by atoms with Gasteiger partial charge in [0.15, 0.2) is 5.13 Å². The van der Waals surface area contributed by atoms with Gasteiger partial charge in [0.2, 0.25) is 5.91 Å². The van der Waals surface area contributed by atoms with Gasteiger partial charge >= 0.3 is 0 Å². The zero-order valence-electron chi connectivity index (χ0n) is 23.5. The minimum Gasteiger partial charge on any atom is -0.321 e. The van der Waals surface area contributed by atoms with E-state index in [-0.39, 0.29) is 17.4 Å². The molecule has 220 valence electrons. The Balaban J connectivity index is 1.24. The summed E-state index contributed by atoms with van der Waals surface area (Å²) in [5, 5.41) is 9.06. The van der Waals surface area contributed by atoms with Crippen LogP contribution in [0.1, 0.15) is 20.8 Å². The molecule has 5 aromatic rings. The van der Waals surface area contributed by atoms with Gasteiger partial charge in [0.1, 0.15) is 5.70 Å². The van der Waals surface area contributed by atoms with Crippen LogP contribution in [0.2, 0.25) is 0 Å². The Kier molecular flexibility index (Phi) is 10.4. The van der Waals surface area contributed by atoms with Gasteiger partial charge in [-0.05, 0) is 61.0 Å². The van der Waals surface area contributed by atoms with Crippen molar-refractivity contribution in [2.24, 2.45) is 0 Å². The zero-order valence-corrected chi connectivity index (χ0v) is 26.8. The van der Waals surface area contributed by atoms with E-state index < -0.39 is 11.8 Å². The number of anilines is 2. The standard InChI is InChI=1S/C34H27BrN4O3S2/c1-22-31(24-11-4-2-5-12-24)39-34(44-22)38-30(40)21-43-28-17-9-16-27(20-28)36-33(42)29(19-23-10-8-15-26(35)18-23)37-32(41)25-13-6-3-7-14-25/h2-20H,21H2,1H3,(H,36,42)(H,37,41)(H,38,39,40)/b29-19+. The molecule has 4 aromatic carbocycles. The molecule has 10 heteroatoms. The van der Waals surface area contributed by atoms with Gasteiger partial charge in [0, 0.05) is 31.1 Å². The third kappa shape index (κ3) is 8.53. The lowest BCUT2D eigenvalue weighted by atomic mass is 10.1. The lowest BCUT2D eigenvalue weighted by Gasteiger charge is -2.12. The number of halogens is 1. The number of rotatable bonds is 10. The monoisotopic (exact) mass is 682 g/mol. The third-order valence-electron chi connectivity index (χ3n) is 6.24. The maximum Gasteiger partial charge on any atom is 0.272 e. The van der Waals surface area contributed by atoms with E-state index in [4.69, 9.17) is 0 Å². The molecule has 0 saturated carbocycles. The van der Waals surface area contributed by atoms with Gasteiger partial charge in [0.05, 0.1) is 11.4 Å². The molecule has 5 rings (SSSR count). The Bertz CT molecular complexity index is 1830. The summed E-state index contributed by atoms with van der Waals surface area (Å²) < 4.78 is 0.843. The van der Waals surface area contributed by atoms with E-state index in [1.807, 2.05) is 73.7 Å². The highest BCUT2D eigenvalue weighted by molar-refractivity contribution is 9.10. The summed E-state index contributed by atoms with van der Waals surface area (Å²) >= 11 is 6.22. The van der Waals surface area contributed by atoms with Gasteiger partial charge < -0.3 is 16.0 Å². The molecular weight excluding hydrogens is 656 g/mol. The number of nitrogens with one attached hydrogen (secondary N) is 3. The topological polar surface area (TPSA) is 100 Å². The third-order valence-corrected chi connectivity index (χ3v) is 8.61. The first kappa shape index (κ1) is 30.9. The number of hydrogen-bond donors (Lipinski definition) is 3. The number of amides is 3. The number of hydrogen-bond acceptors (Lipinski definition) is 6. The quantitative estimate of drug-likeness (QED) is 0.102. The molecule has 0 bridgehead atoms. The van der Waals surface area contributed by atoms with E-state index in [2.05, 4.69) is 36.9 Å². The van der Waals surface area contributed by atoms with Crippen LogP contribution < -0.4 is 16.0 Å². The Morgan fingerprint density at radius 3 is 2.34 bits per heavy atom. The van der Waals surface area contributed by atoms with E-state index >= 15 is 0 Å². The summed E-state index contributed by atoms with van der Waals surface area (Å²) in [6, 6.07) is 33.2. The van der Waals surface area contributed by atoms with E-state index in [1.165, 1.54) is 23.1 Å². The van der Waals surface area contributed by atoms with E-state index in [9.17, 15) is 14.4 Å². The van der Waals surface area contributed by atoms with Crippen molar-refractivity contribution in [1.82, 2.24) is 10.3 Å². The first-order valence-electron chi connectivity index (χ1n) is 13.5. The first-order chi connectivity index (χ1) is 21.3. The summed E-state index contributed by atoms with van der Waals surface area (Å²) in [6.45, 7) is 1.98. The number of thioether (sulfide) groups is 1. The van der Waals surface area contributed by atoms with Crippen molar-refractivity contribution < 1.29 is 14.4 Å². The van der Waals surface area contributed by atoms with E-state index in [0.29, 0.717) is 16.4 Å². The van der Waals surface area contributed by atoms with Crippen molar-refractivity contribution in [1.29, 1.82) is 0 Å². The molecule has 1 heterocycles. The van der Waals surface area contributed by atoms with Gasteiger partial charge in [-0.3, -0.25) is 14.4 Å². The van der Waals surface area contributed by atoms with Gasteiger partial charge in [-0.15, -0.1) is 23.1 Å². The summed E-state index contributed by atoms with van der Waals surface area (Å²) in [5.41, 5.74) is 3.64. The second-order valence-corrected chi connectivity index (χ2v) is 12.7. The number of nitrogens with zero attached hydrogens (tertiary/aromatic N) is 1. The summed E-state index contributed by atoms with van der Waals surface area (Å²) in [6.07, 6.45) is 1.62. The van der Waals surface area contributed by atoms with Crippen LogP contribution in [0.5, 0.6) is 0 Å². The van der Waals surface area contributed by atoms with Crippen molar-refractivity contribution >= 4 is 73.6 Å². The first-order valence-corrected chi connectivity index (χ1v) is 16.1. The normalized spacial score (nSPS) is 11.1. The SMILES string of the molecule is Cc1sc(NC(=O)CSc2cccc(NC(=O)/C(=C\c3cccc(Br)c3)NC(=O)c3ccccc3)c2)nc1-c1ccccc1. The van der Waals surface area contributed by atoms with Crippen LogP contribution in [-0.2, 0) is 9.59 Å². The molecule has 0 fully saturated rings. The number of aryl methyl sites for hydroxylation is 1. The number of thiazole rings is 1. The molecular formula is C34H27BrN4O3S2. The predicted molar refractivity (Wildman–Crippen MR) is 183 cm³/mol. The van der Waals surface area contributed by atoms with Gasteiger partial charge in [-0.25, -0.2) is 4.98 Å². The highest BCUT2D eigenvalue weighted by Crippen LogP contribution is 2.30. The molecule has 3 amide bonds. The highest BCUT2D eigenvalue weighted by Gasteiger charge is 2.16. The average molecular weight is 684 g/mol. The molecule has 0 saturated heterocycles. The van der Waals surface area contributed by atoms with Crippen LogP contribution in [-0.4, -0.2) is 28.5 Å². The molecule has 44 heavy (non-hydrogen) atoms. The fourth-order valence-corrected chi connectivity index (χ4v) is 6.21. The summed E-state index contributed by atoms with van der Waals surface area (Å²) in [4.78, 5) is 45.5. The minimum atomic E-state index is -0.484. The molecule has 0 unspecified atom stereocenters. The largest absolute Gasteiger partial charge is 0.321 e. The van der Waals surface area contributed by atoms with Crippen molar-refractivity contribution in [2.45, 2.75) is 11.8 Å². The Morgan fingerprint density at radius 2 is 1.59 bits per heavy atom. The lowest BCUT2D eigenvalue weighted by molar-refractivity contribution is -0.114. The van der Waals surface area contributed by atoms with Gasteiger partial charge in [-0.2, -0.15) is 0 Å². The van der Waals surface area contributed by atoms with Crippen LogP contribution in [0, 0.1) is 6.92 Å². The molecule has 0 aliphatic carbocycles. The lowest BCUT2D eigenvalue weighted by Crippen LogP contribution is -2.30. The average Bonchev–Trinajstić information content (AvgIpc) is 3.40. The van der Waals surface area contributed by atoms with Crippen LogP contribution >= 0.6 is 39.0 Å². The number of aromatic nitrogens is 1. The molecule has 3 N–H and O–H groups in total. The molecule has 0 aliphatic rings. The predicted octanol–water partition coefficient (Wildman–Crippen LogP) is 8.02. The molecule has 0 aliphatic heterocycles. The molecule has 0 spiro atoms. The fraction of sp³-hybridized carbons (Fsp3) is 0.0588. The number of carbonyl (C=O) groups excluding carboxylic acids is 3. The van der Waals surface area contributed by atoms with E-state index in [0.717, 1.165) is 31.1 Å². The van der Waals surface area contributed by atoms with Crippen molar-refractivity contribution in [3.8, 4) is 11.3 Å².